The number of nitrogens with zero attached hydrogens (tertiary/aromatic N) is 4. The molecule has 23 heavy (non-hydrogen) atoms. The maximum atomic E-state index is 12.8. The molecule has 1 amide bonds. The molecule has 1 aromatic heterocycles. The molecule has 2 saturated heterocycles. The van der Waals surface area contributed by atoms with E-state index in [4.69, 9.17) is 4.52 Å². The molecule has 6 nitrogen and oxygen atoms in total. The molecule has 2 fully saturated rings. The van der Waals surface area contributed by atoms with Crippen molar-refractivity contribution in [3.8, 4) is 0 Å². The largest absolute Gasteiger partial charge is 0.360 e. The fraction of sp³-hybridized carbons (Fsp3) is 0.471. The van der Waals surface area contributed by atoms with Crippen molar-refractivity contribution in [2.24, 2.45) is 0 Å². The number of rotatable bonds is 3. The third kappa shape index (κ3) is 2.58. The van der Waals surface area contributed by atoms with E-state index >= 15 is 0 Å². The van der Waals surface area contributed by atoms with Crippen LogP contribution in [0.5, 0.6) is 0 Å². The van der Waals surface area contributed by atoms with Gasteiger partial charge < -0.3 is 14.3 Å². The average molecular weight is 312 g/mol. The van der Waals surface area contributed by atoms with Crippen LogP contribution >= 0.6 is 0 Å². The van der Waals surface area contributed by atoms with Gasteiger partial charge in [-0.05, 0) is 31.9 Å². The van der Waals surface area contributed by atoms with Crippen LogP contribution in [0, 0.1) is 6.92 Å². The zero-order valence-electron chi connectivity index (χ0n) is 13.2. The lowest BCUT2D eigenvalue weighted by Crippen LogP contribution is -2.54. The number of carbonyl (C=O) groups excluding carboxylic acids is 1. The molecule has 0 aliphatic carbocycles. The van der Waals surface area contributed by atoms with E-state index in [-0.39, 0.29) is 17.9 Å². The normalized spacial score (nSPS) is 21.5. The molecule has 3 heterocycles. The summed E-state index contributed by atoms with van der Waals surface area (Å²) in [5.41, 5.74) is 1.13. The van der Waals surface area contributed by atoms with Crippen LogP contribution < -0.4 is 4.90 Å². The first kappa shape index (κ1) is 14.2. The van der Waals surface area contributed by atoms with E-state index in [0.29, 0.717) is 24.8 Å². The number of hydrogen-bond donors (Lipinski definition) is 0. The first-order valence-corrected chi connectivity index (χ1v) is 8.13. The van der Waals surface area contributed by atoms with Gasteiger partial charge in [-0.15, -0.1) is 0 Å². The zero-order chi connectivity index (χ0) is 15.8. The van der Waals surface area contributed by atoms with Gasteiger partial charge in [0.1, 0.15) is 6.04 Å². The monoisotopic (exact) mass is 312 g/mol. The third-order valence-electron chi connectivity index (χ3n) is 4.71. The van der Waals surface area contributed by atoms with E-state index in [1.165, 1.54) is 0 Å². The van der Waals surface area contributed by atoms with Gasteiger partial charge in [-0.1, -0.05) is 23.4 Å². The van der Waals surface area contributed by atoms with Crippen LogP contribution in [-0.4, -0.2) is 46.6 Å². The molecular weight excluding hydrogens is 292 g/mol. The zero-order valence-corrected chi connectivity index (χ0v) is 13.2. The number of likely N-dealkylation sites (tertiary alicyclic amines) is 1. The fourth-order valence-corrected chi connectivity index (χ4v) is 3.46. The summed E-state index contributed by atoms with van der Waals surface area (Å²) in [6, 6.07) is 10.2. The topological polar surface area (TPSA) is 62.5 Å². The van der Waals surface area contributed by atoms with Gasteiger partial charge in [-0.3, -0.25) is 4.79 Å². The number of hydrogen-bond acceptors (Lipinski definition) is 5. The van der Waals surface area contributed by atoms with E-state index < -0.39 is 0 Å². The van der Waals surface area contributed by atoms with Crippen molar-refractivity contribution in [2.45, 2.75) is 31.7 Å². The van der Waals surface area contributed by atoms with E-state index in [9.17, 15) is 4.79 Å². The highest BCUT2D eigenvalue weighted by atomic mass is 16.5. The number of benzene rings is 1. The number of amides is 1. The van der Waals surface area contributed by atoms with Crippen molar-refractivity contribution in [3.63, 3.8) is 0 Å². The molecule has 0 radical (unpaired) electrons. The summed E-state index contributed by atoms with van der Waals surface area (Å²) in [6.45, 7) is 4.12. The van der Waals surface area contributed by atoms with Gasteiger partial charge in [0.2, 0.25) is 11.8 Å². The van der Waals surface area contributed by atoms with Gasteiger partial charge >= 0.3 is 0 Å². The Morgan fingerprint density at radius 3 is 2.74 bits per heavy atom. The number of para-hydroxylation sites is 1. The second-order valence-corrected chi connectivity index (χ2v) is 6.31. The predicted octanol–water partition coefficient (Wildman–Crippen LogP) is 1.97. The SMILES string of the molecule is Cc1noc(C2CN(C(=O)C3CCCN3c3ccccc3)C2)n1. The van der Waals surface area contributed by atoms with E-state index in [2.05, 4.69) is 27.2 Å². The molecule has 0 spiro atoms. The van der Waals surface area contributed by atoms with Gasteiger partial charge in [0.05, 0.1) is 5.92 Å². The van der Waals surface area contributed by atoms with Crippen molar-refractivity contribution >= 4 is 11.6 Å². The Balaban J connectivity index is 1.41. The van der Waals surface area contributed by atoms with Crippen molar-refractivity contribution in [2.75, 3.05) is 24.5 Å². The maximum absolute atomic E-state index is 12.8. The van der Waals surface area contributed by atoms with Crippen molar-refractivity contribution < 1.29 is 9.32 Å². The molecule has 6 heteroatoms. The highest BCUT2D eigenvalue weighted by Crippen LogP contribution is 2.31. The van der Waals surface area contributed by atoms with Crippen molar-refractivity contribution in [1.29, 1.82) is 0 Å². The Bertz CT molecular complexity index is 694. The summed E-state index contributed by atoms with van der Waals surface area (Å²) < 4.78 is 5.20. The van der Waals surface area contributed by atoms with Crippen LogP contribution in [0.1, 0.15) is 30.5 Å². The Hall–Kier alpha value is -2.37. The van der Waals surface area contributed by atoms with Crippen LogP contribution in [0.3, 0.4) is 0 Å². The summed E-state index contributed by atoms with van der Waals surface area (Å²) in [5.74, 6) is 1.71. The lowest BCUT2D eigenvalue weighted by atomic mass is 9.98. The lowest BCUT2D eigenvalue weighted by Gasteiger charge is -2.40. The standard InChI is InChI=1S/C17H20N4O2/c1-12-18-16(23-19-12)13-10-20(11-13)17(22)15-8-5-9-21(15)14-6-3-2-4-7-14/h2-4,6-7,13,15H,5,8-11H2,1H3. The van der Waals surface area contributed by atoms with E-state index in [1.54, 1.807) is 0 Å². The van der Waals surface area contributed by atoms with Crippen LogP contribution in [0.2, 0.25) is 0 Å². The summed E-state index contributed by atoms with van der Waals surface area (Å²) in [7, 11) is 0. The Morgan fingerprint density at radius 2 is 2.04 bits per heavy atom. The molecule has 1 unspecified atom stereocenters. The van der Waals surface area contributed by atoms with Gasteiger partial charge in [-0.2, -0.15) is 4.98 Å². The van der Waals surface area contributed by atoms with Crippen molar-refractivity contribution in [1.82, 2.24) is 15.0 Å². The molecule has 2 aliphatic heterocycles. The molecule has 2 aliphatic rings. The molecule has 1 atom stereocenters. The Labute approximate surface area is 135 Å². The third-order valence-corrected chi connectivity index (χ3v) is 4.71. The number of anilines is 1. The van der Waals surface area contributed by atoms with Gasteiger partial charge in [0.25, 0.3) is 0 Å². The van der Waals surface area contributed by atoms with Crippen LogP contribution in [0.15, 0.2) is 34.9 Å². The average Bonchev–Trinajstić information content (AvgIpc) is 3.16. The number of carbonyl (C=O) groups is 1. The molecule has 1 aromatic carbocycles. The second-order valence-electron chi connectivity index (χ2n) is 6.31. The number of aryl methyl sites for hydroxylation is 1. The van der Waals surface area contributed by atoms with Crippen molar-refractivity contribution in [3.05, 3.63) is 42.0 Å². The quantitative estimate of drug-likeness (QED) is 0.867. The lowest BCUT2D eigenvalue weighted by molar-refractivity contribution is -0.137. The number of aromatic nitrogens is 2. The highest BCUT2D eigenvalue weighted by molar-refractivity contribution is 5.86. The Kier molecular flexibility index (Phi) is 3.52. The van der Waals surface area contributed by atoms with E-state index in [0.717, 1.165) is 25.1 Å². The summed E-state index contributed by atoms with van der Waals surface area (Å²) in [4.78, 5) is 21.2. The molecule has 2 aromatic rings. The highest BCUT2D eigenvalue weighted by Gasteiger charge is 2.41. The molecular formula is C17H20N4O2. The summed E-state index contributed by atoms with van der Waals surface area (Å²) in [5, 5.41) is 3.82. The van der Waals surface area contributed by atoms with E-state index in [1.807, 2.05) is 30.0 Å². The fourth-order valence-electron chi connectivity index (χ4n) is 3.46. The molecule has 0 N–H and O–H groups in total. The first-order valence-electron chi connectivity index (χ1n) is 8.13. The second kappa shape index (κ2) is 5.68. The van der Waals surface area contributed by atoms with Gasteiger partial charge in [-0.25, -0.2) is 0 Å². The molecule has 0 bridgehead atoms. The minimum absolute atomic E-state index is 0.0391. The minimum atomic E-state index is -0.0391. The van der Waals surface area contributed by atoms with Crippen LogP contribution in [-0.2, 0) is 4.79 Å². The molecule has 0 saturated carbocycles. The minimum Gasteiger partial charge on any atom is -0.360 e. The van der Waals surface area contributed by atoms with Gasteiger partial charge in [0.15, 0.2) is 5.82 Å². The van der Waals surface area contributed by atoms with Crippen LogP contribution in [0.25, 0.3) is 0 Å². The van der Waals surface area contributed by atoms with Crippen LogP contribution in [0.4, 0.5) is 5.69 Å². The summed E-state index contributed by atoms with van der Waals surface area (Å²) >= 11 is 0. The summed E-state index contributed by atoms with van der Waals surface area (Å²) in [6.07, 6.45) is 1.99. The molecule has 4 rings (SSSR count). The maximum Gasteiger partial charge on any atom is 0.245 e. The van der Waals surface area contributed by atoms with Gasteiger partial charge in [0, 0.05) is 25.3 Å². The Morgan fingerprint density at radius 1 is 1.26 bits per heavy atom. The molecule has 120 valence electrons. The predicted molar refractivity (Wildman–Crippen MR) is 85.2 cm³/mol. The smallest absolute Gasteiger partial charge is 0.245 e. The first-order chi connectivity index (χ1) is 11.2.